The number of hydrogen-bond donors (Lipinski definition) is 0. The van der Waals surface area contributed by atoms with Crippen LogP contribution >= 0.6 is 0 Å². The summed E-state index contributed by atoms with van der Waals surface area (Å²) in [5.74, 6) is 0. The molecule has 0 bridgehead atoms. The van der Waals surface area contributed by atoms with Crippen LogP contribution in [0.1, 0.15) is 24.5 Å². The highest BCUT2D eigenvalue weighted by molar-refractivity contribution is 5.79. The van der Waals surface area contributed by atoms with Gasteiger partial charge in [-0.3, -0.25) is 0 Å². The van der Waals surface area contributed by atoms with Gasteiger partial charge in [-0.2, -0.15) is 0 Å². The second-order valence-corrected chi connectivity index (χ2v) is 3.52. The van der Waals surface area contributed by atoms with Crippen molar-refractivity contribution in [2.75, 3.05) is 0 Å². The third-order valence-electron chi connectivity index (χ3n) is 2.61. The van der Waals surface area contributed by atoms with Crippen LogP contribution in [-0.2, 0) is 0 Å². The molecule has 0 aliphatic carbocycles. The van der Waals surface area contributed by atoms with Gasteiger partial charge in [0.15, 0.2) is 0 Å². The van der Waals surface area contributed by atoms with Crippen molar-refractivity contribution in [1.82, 2.24) is 0 Å². The molecule has 0 saturated carbocycles. The predicted octanol–water partition coefficient (Wildman–Crippen LogP) is 4.53. The number of rotatable bonds is 4. The number of hydrogen-bond acceptors (Lipinski definition) is 0. The molecule has 0 spiro atoms. The van der Waals surface area contributed by atoms with Gasteiger partial charge in [-0.05, 0) is 35.6 Å². The maximum absolute atomic E-state index is 3.89. The number of aryl methyl sites for hydroxylation is 1. The van der Waals surface area contributed by atoms with E-state index in [1.807, 2.05) is 12.2 Å². The van der Waals surface area contributed by atoms with E-state index in [1.54, 1.807) is 0 Å². The molecule has 0 fully saturated rings. The van der Waals surface area contributed by atoms with Crippen LogP contribution in [0.2, 0.25) is 0 Å². The first-order valence-corrected chi connectivity index (χ1v) is 5.28. The van der Waals surface area contributed by atoms with Gasteiger partial charge in [0.1, 0.15) is 0 Å². The summed E-state index contributed by atoms with van der Waals surface area (Å²) in [5.41, 5.74) is 4.98. The predicted molar refractivity (Wildman–Crippen MR) is 68.8 cm³/mol. The fourth-order valence-electron chi connectivity index (χ4n) is 1.73. The molecular formula is C15H18. The molecule has 1 aromatic carbocycles. The van der Waals surface area contributed by atoms with E-state index in [2.05, 4.69) is 51.3 Å². The summed E-state index contributed by atoms with van der Waals surface area (Å²) in [5, 5.41) is 0. The Hall–Kier alpha value is -1.56. The molecule has 0 amide bonds. The minimum absolute atomic E-state index is 0.985. The zero-order valence-corrected chi connectivity index (χ0v) is 9.59. The van der Waals surface area contributed by atoms with E-state index in [4.69, 9.17) is 0 Å². The Morgan fingerprint density at radius 3 is 2.33 bits per heavy atom. The normalized spacial score (nSPS) is 11.9. The number of allylic oxidation sites excluding steroid dienone is 4. The van der Waals surface area contributed by atoms with Gasteiger partial charge in [0.2, 0.25) is 0 Å². The van der Waals surface area contributed by atoms with Crippen molar-refractivity contribution in [2.24, 2.45) is 0 Å². The Morgan fingerprint density at radius 1 is 1.20 bits per heavy atom. The van der Waals surface area contributed by atoms with Gasteiger partial charge < -0.3 is 0 Å². The van der Waals surface area contributed by atoms with Crippen LogP contribution in [0.4, 0.5) is 0 Å². The van der Waals surface area contributed by atoms with E-state index < -0.39 is 0 Å². The molecule has 0 saturated heterocycles. The van der Waals surface area contributed by atoms with E-state index >= 15 is 0 Å². The third-order valence-corrected chi connectivity index (χ3v) is 2.61. The Labute approximate surface area is 92.6 Å². The van der Waals surface area contributed by atoms with Crippen LogP contribution < -0.4 is 0 Å². The molecule has 0 atom stereocenters. The minimum atomic E-state index is 0.985. The molecule has 78 valence electrons. The zero-order chi connectivity index (χ0) is 11.3. The van der Waals surface area contributed by atoms with E-state index in [9.17, 15) is 0 Å². The van der Waals surface area contributed by atoms with Gasteiger partial charge in [0.05, 0.1) is 0 Å². The highest BCUT2D eigenvalue weighted by atomic mass is 14.1. The van der Waals surface area contributed by atoms with Crippen LogP contribution in [0.25, 0.3) is 5.57 Å². The van der Waals surface area contributed by atoms with E-state index in [-0.39, 0.29) is 0 Å². The maximum atomic E-state index is 3.89. The lowest BCUT2D eigenvalue weighted by Crippen LogP contribution is -1.89. The van der Waals surface area contributed by atoms with Crippen molar-refractivity contribution < 1.29 is 0 Å². The fourth-order valence-corrected chi connectivity index (χ4v) is 1.73. The standard InChI is InChI=1S/C15H18/c1-5-13(6-2)14(7-3)15-11-9-8-10-12(15)4/h5,7-11H,1,3,6H2,2,4H3/b14-13-. The lowest BCUT2D eigenvalue weighted by molar-refractivity contribution is 1.15. The van der Waals surface area contributed by atoms with Crippen molar-refractivity contribution in [2.45, 2.75) is 20.3 Å². The van der Waals surface area contributed by atoms with Gasteiger partial charge in [-0.1, -0.05) is 56.5 Å². The first-order valence-electron chi connectivity index (χ1n) is 5.28. The van der Waals surface area contributed by atoms with Gasteiger partial charge >= 0.3 is 0 Å². The molecule has 0 nitrogen and oxygen atoms in total. The smallest absolute Gasteiger partial charge is 0.0152 e. The van der Waals surface area contributed by atoms with E-state index in [0.717, 1.165) is 6.42 Å². The third kappa shape index (κ3) is 2.47. The first-order chi connectivity index (χ1) is 7.24. The molecule has 0 aromatic heterocycles. The topological polar surface area (TPSA) is 0 Å². The fraction of sp³-hybridized carbons (Fsp3) is 0.200. The molecule has 0 aliphatic rings. The van der Waals surface area contributed by atoms with Gasteiger partial charge in [-0.15, -0.1) is 0 Å². The lowest BCUT2D eigenvalue weighted by atomic mass is 9.95. The van der Waals surface area contributed by atoms with Crippen LogP contribution in [0.15, 0.2) is 55.1 Å². The Bertz CT molecular complexity index is 394. The molecule has 0 N–H and O–H groups in total. The van der Waals surface area contributed by atoms with Gasteiger partial charge in [0.25, 0.3) is 0 Å². The Morgan fingerprint density at radius 2 is 1.87 bits per heavy atom. The van der Waals surface area contributed by atoms with Crippen LogP contribution in [0.5, 0.6) is 0 Å². The van der Waals surface area contributed by atoms with Gasteiger partial charge in [-0.25, -0.2) is 0 Å². The van der Waals surface area contributed by atoms with Crippen molar-refractivity contribution in [3.05, 3.63) is 66.3 Å². The number of benzene rings is 1. The molecule has 15 heavy (non-hydrogen) atoms. The Balaban J connectivity index is 3.36. The minimum Gasteiger partial charge on any atom is -0.0988 e. The van der Waals surface area contributed by atoms with Crippen LogP contribution in [-0.4, -0.2) is 0 Å². The van der Waals surface area contributed by atoms with Crippen molar-refractivity contribution in [1.29, 1.82) is 0 Å². The zero-order valence-electron chi connectivity index (χ0n) is 9.59. The lowest BCUT2D eigenvalue weighted by Gasteiger charge is -2.10. The summed E-state index contributed by atoms with van der Waals surface area (Å²) in [6.07, 6.45) is 4.82. The maximum Gasteiger partial charge on any atom is -0.0152 e. The Kier molecular flexibility index (Phi) is 4.11. The van der Waals surface area contributed by atoms with E-state index in [1.165, 1.54) is 22.3 Å². The van der Waals surface area contributed by atoms with Gasteiger partial charge in [0, 0.05) is 0 Å². The first kappa shape index (κ1) is 11.5. The average Bonchev–Trinajstić information content (AvgIpc) is 2.27. The van der Waals surface area contributed by atoms with Crippen molar-refractivity contribution in [3.8, 4) is 0 Å². The summed E-state index contributed by atoms with van der Waals surface area (Å²) in [6.45, 7) is 12.0. The van der Waals surface area contributed by atoms with Crippen LogP contribution in [0, 0.1) is 6.92 Å². The summed E-state index contributed by atoms with van der Waals surface area (Å²) in [6, 6.07) is 8.36. The quantitative estimate of drug-likeness (QED) is 0.623. The molecule has 1 rings (SSSR count). The SMILES string of the molecule is C=C/C(CC)=C(\C=C)c1ccccc1C. The summed E-state index contributed by atoms with van der Waals surface area (Å²) in [4.78, 5) is 0. The summed E-state index contributed by atoms with van der Waals surface area (Å²) >= 11 is 0. The molecule has 0 heteroatoms. The van der Waals surface area contributed by atoms with Crippen molar-refractivity contribution in [3.63, 3.8) is 0 Å². The second-order valence-electron chi connectivity index (χ2n) is 3.52. The largest absolute Gasteiger partial charge is 0.0988 e. The summed E-state index contributed by atoms with van der Waals surface area (Å²) in [7, 11) is 0. The molecule has 0 aliphatic heterocycles. The highest BCUT2D eigenvalue weighted by Crippen LogP contribution is 2.25. The average molecular weight is 198 g/mol. The van der Waals surface area contributed by atoms with Crippen LogP contribution in [0.3, 0.4) is 0 Å². The molecular weight excluding hydrogens is 180 g/mol. The molecule has 1 aromatic rings. The summed E-state index contributed by atoms with van der Waals surface area (Å²) < 4.78 is 0. The molecule has 0 heterocycles. The van der Waals surface area contributed by atoms with Crippen molar-refractivity contribution >= 4 is 5.57 Å². The molecule has 0 radical (unpaired) electrons. The van der Waals surface area contributed by atoms with E-state index in [0.29, 0.717) is 0 Å². The monoisotopic (exact) mass is 198 g/mol. The second kappa shape index (κ2) is 5.35. The molecule has 0 unspecified atom stereocenters. The highest BCUT2D eigenvalue weighted by Gasteiger charge is 2.04.